The average molecular weight is 225 g/mol. The number of aliphatic hydroxyl groups excluding tert-OH is 1. The molecule has 1 atom stereocenters. The van der Waals surface area contributed by atoms with Crippen LogP contribution in [0, 0.1) is 5.92 Å². The van der Waals surface area contributed by atoms with Crippen molar-refractivity contribution in [3.8, 4) is 0 Å². The van der Waals surface area contributed by atoms with Crippen LogP contribution < -0.4 is 0 Å². The van der Waals surface area contributed by atoms with Crippen LogP contribution >= 0.6 is 0 Å². The van der Waals surface area contributed by atoms with E-state index in [1.165, 1.54) is 38.5 Å². The number of β-amino-alcohol motifs (C(OH)–C–C–N with tert-alkyl or cyclic N) is 1. The molecule has 1 N–H and O–H groups in total. The van der Waals surface area contributed by atoms with E-state index in [2.05, 4.69) is 0 Å². The zero-order valence-corrected chi connectivity index (χ0v) is 10.0. The van der Waals surface area contributed by atoms with Crippen molar-refractivity contribution in [3.63, 3.8) is 0 Å². The summed E-state index contributed by atoms with van der Waals surface area (Å²) < 4.78 is 0. The molecule has 2 aliphatic rings. The molecule has 1 aliphatic carbocycles. The Balaban J connectivity index is 1.77. The van der Waals surface area contributed by atoms with E-state index in [4.69, 9.17) is 0 Å². The van der Waals surface area contributed by atoms with Gasteiger partial charge in [-0.05, 0) is 25.2 Å². The Morgan fingerprint density at radius 2 is 1.81 bits per heavy atom. The molecular formula is C13H23NO2. The van der Waals surface area contributed by atoms with Crippen molar-refractivity contribution < 1.29 is 9.90 Å². The van der Waals surface area contributed by atoms with Crippen LogP contribution in [0.1, 0.15) is 51.4 Å². The summed E-state index contributed by atoms with van der Waals surface area (Å²) in [6.07, 6.45) is 8.91. The minimum atomic E-state index is -0.280. The predicted molar refractivity (Wildman–Crippen MR) is 63.0 cm³/mol. The summed E-state index contributed by atoms with van der Waals surface area (Å²) in [5.41, 5.74) is 0. The molecule has 1 saturated heterocycles. The van der Waals surface area contributed by atoms with Crippen molar-refractivity contribution in [2.24, 2.45) is 5.92 Å². The maximum Gasteiger partial charge on any atom is 0.222 e. The number of aliphatic hydroxyl groups is 1. The second-order valence-corrected chi connectivity index (χ2v) is 5.34. The number of rotatable bonds is 2. The summed E-state index contributed by atoms with van der Waals surface area (Å²) in [4.78, 5) is 13.8. The Kier molecular flexibility index (Phi) is 4.22. The average Bonchev–Trinajstić information content (AvgIpc) is 2.54. The molecule has 0 aromatic heterocycles. The number of hydrogen-bond donors (Lipinski definition) is 1. The van der Waals surface area contributed by atoms with Gasteiger partial charge in [0.2, 0.25) is 5.91 Å². The van der Waals surface area contributed by atoms with Crippen LogP contribution in [0.2, 0.25) is 0 Å². The van der Waals surface area contributed by atoms with Crippen molar-refractivity contribution >= 4 is 5.91 Å². The summed E-state index contributed by atoms with van der Waals surface area (Å²) in [6.45, 7) is 1.32. The zero-order chi connectivity index (χ0) is 11.4. The van der Waals surface area contributed by atoms with Crippen molar-refractivity contribution in [1.82, 2.24) is 4.90 Å². The van der Waals surface area contributed by atoms with Gasteiger partial charge >= 0.3 is 0 Å². The van der Waals surface area contributed by atoms with E-state index >= 15 is 0 Å². The Hall–Kier alpha value is -0.570. The van der Waals surface area contributed by atoms with E-state index in [-0.39, 0.29) is 12.0 Å². The van der Waals surface area contributed by atoms with Gasteiger partial charge in [0.25, 0.3) is 0 Å². The number of hydrogen-bond acceptors (Lipinski definition) is 2. The number of carbonyl (C=O) groups excluding carboxylic acids is 1. The molecule has 0 radical (unpaired) electrons. The van der Waals surface area contributed by atoms with Gasteiger partial charge in [0.05, 0.1) is 6.10 Å². The van der Waals surface area contributed by atoms with Crippen molar-refractivity contribution in [2.75, 3.05) is 13.1 Å². The minimum absolute atomic E-state index is 0.267. The molecule has 3 nitrogen and oxygen atoms in total. The number of nitrogens with zero attached hydrogens (tertiary/aromatic N) is 1. The molecule has 2 fully saturated rings. The minimum Gasteiger partial charge on any atom is -0.391 e. The third kappa shape index (κ3) is 3.21. The molecule has 0 aromatic rings. The summed E-state index contributed by atoms with van der Waals surface area (Å²) in [5, 5.41) is 9.41. The summed E-state index contributed by atoms with van der Waals surface area (Å²) in [7, 11) is 0. The quantitative estimate of drug-likeness (QED) is 0.730. The van der Waals surface area contributed by atoms with E-state index in [9.17, 15) is 9.90 Å². The lowest BCUT2D eigenvalue weighted by molar-refractivity contribution is -0.131. The lowest BCUT2D eigenvalue weighted by atomic mass is 9.96. The highest BCUT2D eigenvalue weighted by Gasteiger charge is 2.26. The second-order valence-electron chi connectivity index (χ2n) is 5.34. The first kappa shape index (κ1) is 11.9. The maximum atomic E-state index is 12.0. The monoisotopic (exact) mass is 225 g/mol. The topological polar surface area (TPSA) is 40.5 Å². The molecule has 1 saturated carbocycles. The lowest BCUT2D eigenvalue weighted by Crippen LogP contribution is -2.30. The second kappa shape index (κ2) is 5.67. The van der Waals surface area contributed by atoms with Gasteiger partial charge in [-0.15, -0.1) is 0 Å². The highest BCUT2D eigenvalue weighted by atomic mass is 16.3. The van der Waals surface area contributed by atoms with Crippen molar-refractivity contribution in [3.05, 3.63) is 0 Å². The van der Waals surface area contributed by atoms with Crippen LogP contribution in [0.4, 0.5) is 0 Å². The van der Waals surface area contributed by atoms with Crippen LogP contribution in [-0.2, 0) is 4.79 Å². The van der Waals surface area contributed by atoms with Gasteiger partial charge in [0, 0.05) is 19.5 Å². The molecule has 1 heterocycles. The van der Waals surface area contributed by atoms with Gasteiger partial charge in [-0.3, -0.25) is 4.79 Å². The summed E-state index contributed by atoms with van der Waals surface area (Å²) >= 11 is 0. The van der Waals surface area contributed by atoms with Gasteiger partial charge in [0.1, 0.15) is 0 Å². The molecule has 0 aromatic carbocycles. The Morgan fingerprint density at radius 1 is 1.12 bits per heavy atom. The first-order valence-corrected chi connectivity index (χ1v) is 6.71. The zero-order valence-electron chi connectivity index (χ0n) is 10.0. The fourth-order valence-corrected chi connectivity index (χ4v) is 2.91. The lowest BCUT2D eigenvalue weighted by Gasteiger charge is -2.19. The molecule has 2 rings (SSSR count). The molecule has 92 valence electrons. The fourth-order valence-electron chi connectivity index (χ4n) is 2.91. The third-order valence-electron chi connectivity index (χ3n) is 3.95. The Bertz CT molecular complexity index is 234. The van der Waals surface area contributed by atoms with Gasteiger partial charge in [-0.25, -0.2) is 0 Å². The number of carbonyl (C=O) groups is 1. The van der Waals surface area contributed by atoms with Crippen molar-refractivity contribution in [1.29, 1.82) is 0 Å². The third-order valence-corrected chi connectivity index (χ3v) is 3.95. The molecule has 0 spiro atoms. The van der Waals surface area contributed by atoms with Gasteiger partial charge in [-0.1, -0.05) is 25.7 Å². The molecule has 0 bridgehead atoms. The van der Waals surface area contributed by atoms with E-state index in [0.717, 1.165) is 13.0 Å². The fraction of sp³-hybridized carbons (Fsp3) is 0.923. The van der Waals surface area contributed by atoms with Crippen LogP contribution in [0.15, 0.2) is 0 Å². The van der Waals surface area contributed by atoms with Gasteiger partial charge in [0.15, 0.2) is 0 Å². The first-order chi connectivity index (χ1) is 7.75. The van der Waals surface area contributed by atoms with Crippen LogP contribution in [0.25, 0.3) is 0 Å². The Labute approximate surface area is 97.8 Å². The van der Waals surface area contributed by atoms with E-state index in [1.807, 2.05) is 4.90 Å². The highest BCUT2D eigenvalue weighted by molar-refractivity contribution is 5.76. The smallest absolute Gasteiger partial charge is 0.222 e. The number of likely N-dealkylation sites (tertiary alicyclic amines) is 1. The molecule has 1 aliphatic heterocycles. The number of amides is 1. The van der Waals surface area contributed by atoms with E-state index in [1.54, 1.807) is 0 Å². The van der Waals surface area contributed by atoms with Crippen molar-refractivity contribution in [2.45, 2.75) is 57.5 Å². The molecule has 3 heteroatoms. The van der Waals surface area contributed by atoms with E-state index < -0.39 is 0 Å². The van der Waals surface area contributed by atoms with Gasteiger partial charge in [-0.2, -0.15) is 0 Å². The SMILES string of the molecule is O=C(CC1CCCCCC1)N1CCC(O)C1. The molecule has 16 heavy (non-hydrogen) atoms. The highest BCUT2D eigenvalue weighted by Crippen LogP contribution is 2.26. The summed E-state index contributed by atoms with van der Waals surface area (Å²) in [5.74, 6) is 0.871. The largest absolute Gasteiger partial charge is 0.391 e. The van der Waals surface area contributed by atoms with Crippen LogP contribution in [-0.4, -0.2) is 35.1 Å². The van der Waals surface area contributed by atoms with Gasteiger partial charge < -0.3 is 10.0 Å². The summed E-state index contributed by atoms with van der Waals surface area (Å²) in [6, 6.07) is 0. The molecular weight excluding hydrogens is 202 g/mol. The van der Waals surface area contributed by atoms with Crippen LogP contribution in [0.5, 0.6) is 0 Å². The van der Waals surface area contributed by atoms with E-state index in [0.29, 0.717) is 18.9 Å². The standard InChI is InChI=1S/C13H23NO2/c15-12-7-8-14(10-12)13(16)9-11-5-3-1-2-4-6-11/h11-12,15H,1-10H2. The van der Waals surface area contributed by atoms with Crippen LogP contribution in [0.3, 0.4) is 0 Å². The Morgan fingerprint density at radius 3 is 2.38 bits per heavy atom. The first-order valence-electron chi connectivity index (χ1n) is 6.71. The normalized spacial score (nSPS) is 28.1. The molecule has 1 amide bonds. The predicted octanol–water partition coefficient (Wildman–Crippen LogP) is 1.94. The molecule has 1 unspecified atom stereocenters. The maximum absolute atomic E-state index is 12.0.